The average Bonchev–Trinajstić information content (AvgIpc) is 2.42. The van der Waals surface area contributed by atoms with Crippen molar-refractivity contribution in [2.75, 3.05) is 0 Å². The third-order valence-electron chi connectivity index (χ3n) is 2.86. The maximum absolute atomic E-state index is 9.25. The van der Waals surface area contributed by atoms with Gasteiger partial charge in [0, 0.05) is 18.9 Å². The molecular formula is C15H15N3. The highest BCUT2D eigenvalue weighted by Crippen LogP contribution is 2.17. The quantitative estimate of drug-likeness (QED) is 0.889. The second kappa shape index (κ2) is 5.95. The molecule has 1 aromatic heterocycles. The zero-order valence-corrected chi connectivity index (χ0v) is 10.3. The van der Waals surface area contributed by atoms with Gasteiger partial charge in [-0.15, -0.1) is 0 Å². The standard InChI is InChI=1S/C15H15N3/c1-12-5-2-3-7-14(12)15(9-16)18-11-13-6-4-8-17-10-13/h2-8,10,15,18H,11H2,1H3. The molecule has 3 heteroatoms. The van der Waals surface area contributed by atoms with Gasteiger partial charge in [0.25, 0.3) is 0 Å². The average molecular weight is 237 g/mol. The van der Waals surface area contributed by atoms with Gasteiger partial charge in [-0.25, -0.2) is 0 Å². The Bertz CT molecular complexity index is 543. The maximum atomic E-state index is 9.25. The summed E-state index contributed by atoms with van der Waals surface area (Å²) >= 11 is 0. The summed E-state index contributed by atoms with van der Waals surface area (Å²) in [5.41, 5.74) is 3.23. The second-order valence-corrected chi connectivity index (χ2v) is 4.16. The number of aromatic nitrogens is 1. The first-order valence-corrected chi connectivity index (χ1v) is 5.88. The zero-order valence-electron chi connectivity index (χ0n) is 10.3. The first-order chi connectivity index (χ1) is 8.81. The van der Waals surface area contributed by atoms with Gasteiger partial charge in [0.1, 0.15) is 6.04 Å². The minimum Gasteiger partial charge on any atom is -0.294 e. The third-order valence-corrected chi connectivity index (χ3v) is 2.86. The lowest BCUT2D eigenvalue weighted by Crippen LogP contribution is -2.20. The van der Waals surface area contributed by atoms with Crippen molar-refractivity contribution in [1.29, 1.82) is 5.26 Å². The monoisotopic (exact) mass is 237 g/mol. The van der Waals surface area contributed by atoms with Crippen LogP contribution >= 0.6 is 0 Å². The molecule has 1 N–H and O–H groups in total. The first kappa shape index (κ1) is 12.3. The molecule has 18 heavy (non-hydrogen) atoms. The number of nitriles is 1. The predicted molar refractivity (Wildman–Crippen MR) is 70.6 cm³/mol. The molecule has 90 valence electrons. The van der Waals surface area contributed by atoms with Gasteiger partial charge in [-0.1, -0.05) is 30.3 Å². The van der Waals surface area contributed by atoms with Crippen LogP contribution < -0.4 is 5.32 Å². The van der Waals surface area contributed by atoms with Crippen molar-refractivity contribution >= 4 is 0 Å². The van der Waals surface area contributed by atoms with Crippen LogP contribution in [0.4, 0.5) is 0 Å². The largest absolute Gasteiger partial charge is 0.294 e. The zero-order chi connectivity index (χ0) is 12.8. The molecule has 2 aromatic rings. The smallest absolute Gasteiger partial charge is 0.121 e. The molecule has 2 rings (SSSR count). The third kappa shape index (κ3) is 2.93. The Balaban J connectivity index is 2.08. The molecule has 0 saturated heterocycles. The summed E-state index contributed by atoms with van der Waals surface area (Å²) in [4.78, 5) is 4.06. The highest BCUT2D eigenvalue weighted by atomic mass is 14.9. The van der Waals surface area contributed by atoms with Crippen molar-refractivity contribution < 1.29 is 0 Å². The number of hydrogen-bond acceptors (Lipinski definition) is 3. The van der Waals surface area contributed by atoms with Gasteiger partial charge in [-0.3, -0.25) is 10.3 Å². The lowest BCUT2D eigenvalue weighted by molar-refractivity contribution is 0.626. The van der Waals surface area contributed by atoms with E-state index in [0.29, 0.717) is 6.54 Å². The van der Waals surface area contributed by atoms with E-state index in [2.05, 4.69) is 16.4 Å². The molecule has 0 spiro atoms. The van der Waals surface area contributed by atoms with Gasteiger partial charge in [0.15, 0.2) is 0 Å². The number of pyridine rings is 1. The number of nitrogens with one attached hydrogen (secondary N) is 1. The molecule has 1 aromatic carbocycles. The molecular weight excluding hydrogens is 222 g/mol. The van der Waals surface area contributed by atoms with E-state index in [1.165, 1.54) is 0 Å². The molecule has 1 atom stereocenters. The normalized spacial score (nSPS) is 11.8. The Hall–Kier alpha value is -2.18. The van der Waals surface area contributed by atoms with E-state index in [1.807, 2.05) is 43.3 Å². The molecule has 0 radical (unpaired) electrons. The van der Waals surface area contributed by atoms with E-state index < -0.39 is 0 Å². The lowest BCUT2D eigenvalue weighted by atomic mass is 10.0. The van der Waals surface area contributed by atoms with Gasteiger partial charge in [-0.2, -0.15) is 5.26 Å². The van der Waals surface area contributed by atoms with Crippen LogP contribution in [0, 0.1) is 18.3 Å². The van der Waals surface area contributed by atoms with Crippen LogP contribution in [0.3, 0.4) is 0 Å². The summed E-state index contributed by atoms with van der Waals surface area (Å²) in [7, 11) is 0. The van der Waals surface area contributed by atoms with Crippen molar-refractivity contribution in [1.82, 2.24) is 10.3 Å². The van der Waals surface area contributed by atoms with Crippen LogP contribution in [-0.2, 0) is 6.54 Å². The predicted octanol–water partition coefficient (Wildman–Crippen LogP) is 2.74. The lowest BCUT2D eigenvalue weighted by Gasteiger charge is -2.14. The molecule has 0 aliphatic carbocycles. The topological polar surface area (TPSA) is 48.7 Å². The van der Waals surface area contributed by atoms with Crippen molar-refractivity contribution in [2.45, 2.75) is 19.5 Å². The fourth-order valence-electron chi connectivity index (χ4n) is 1.86. The molecule has 0 aliphatic rings. The summed E-state index contributed by atoms with van der Waals surface area (Å²) in [6.45, 7) is 2.66. The summed E-state index contributed by atoms with van der Waals surface area (Å²) in [5, 5.41) is 12.5. The fourth-order valence-corrected chi connectivity index (χ4v) is 1.86. The van der Waals surface area contributed by atoms with E-state index in [4.69, 9.17) is 0 Å². The van der Waals surface area contributed by atoms with E-state index >= 15 is 0 Å². The number of aryl methyl sites for hydroxylation is 1. The Morgan fingerprint density at radius 1 is 1.28 bits per heavy atom. The van der Waals surface area contributed by atoms with Gasteiger partial charge < -0.3 is 0 Å². The molecule has 3 nitrogen and oxygen atoms in total. The summed E-state index contributed by atoms with van der Waals surface area (Å²) in [5.74, 6) is 0. The molecule has 0 aliphatic heterocycles. The van der Waals surface area contributed by atoms with E-state index in [1.54, 1.807) is 12.4 Å². The number of nitrogens with zero attached hydrogens (tertiary/aromatic N) is 2. The second-order valence-electron chi connectivity index (χ2n) is 4.16. The Morgan fingerprint density at radius 2 is 2.11 bits per heavy atom. The number of hydrogen-bond donors (Lipinski definition) is 1. The Morgan fingerprint density at radius 3 is 2.78 bits per heavy atom. The van der Waals surface area contributed by atoms with Crippen LogP contribution in [0.2, 0.25) is 0 Å². The highest BCUT2D eigenvalue weighted by molar-refractivity contribution is 5.32. The van der Waals surface area contributed by atoms with Crippen LogP contribution in [0.1, 0.15) is 22.7 Å². The van der Waals surface area contributed by atoms with Crippen LogP contribution in [-0.4, -0.2) is 4.98 Å². The van der Waals surface area contributed by atoms with Gasteiger partial charge in [-0.05, 0) is 29.7 Å². The Labute approximate surface area is 107 Å². The minimum absolute atomic E-state index is 0.286. The van der Waals surface area contributed by atoms with E-state index in [-0.39, 0.29) is 6.04 Å². The van der Waals surface area contributed by atoms with Gasteiger partial charge in [0.05, 0.1) is 6.07 Å². The van der Waals surface area contributed by atoms with Crippen molar-refractivity contribution in [2.24, 2.45) is 0 Å². The van der Waals surface area contributed by atoms with E-state index in [9.17, 15) is 5.26 Å². The minimum atomic E-state index is -0.286. The first-order valence-electron chi connectivity index (χ1n) is 5.88. The van der Waals surface area contributed by atoms with Gasteiger partial charge in [0.2, 0.25) is 0 Å². The number of rotatable bonds is 4. The summed E-state index contributed by atoms with van der Waals surface area (Å²) in [6.07, 6.45) is 3.55. The summed E-state index contributed by atoms with van der Waals surface area (Å²) < 4.78 is 0. The van der Waals surface area contributed by atoms with E-state index in [0.717, 1.165) is 16.7 Å². The molecule has 0 saturated carbocycles. The van der Waals surface area contributed by atoms with Crippen molar-refractivity contribution in [3.8, 4) is 6.07 Å². The summed E-state index contributed by atoms with van der Waals surface area (Å²) in [6, 6.07) is 13.8. The van der Waals surface area contributed by atoms with Gasteiger partial charge >= 0.3 is 0 Å². The molecule has 1 unspecified atom stereocenters. The highest BCUT2D eigenvalue weighted by Gasteiger charge is 2.11. The van der Waals surface area contributed by atoms with Crippen molar-refractivity contribution in [3.05, 3.63) is 65.5 Å². The molecule has 0 amide bonds. The maximum Gasteiger partial charge on any atom is 0.121 e. The van der Waals surface area contributed by atoms with Crippen molar-refractivity contribution in [3.63, 3.8) is 0 Å². The van der Waals surface area contributed by atoms with Crippen LogP contribution in [0.25, 0.3) is 0 Å². The fraction of sp³-hybridized carbons (Fsp3) is 0.200. The van der Waals surface area contributed by atoms with Crippen LogP contribution in [0.5, 0.6) is 0 Å². The molecule has 0 fully saturated rings. The number of benzene rings is 1. The Kier molecular flexibility index (Phi) is 4.06. The molecule has 1 heterocycles. The van der Waals surface area contributed by atoms with Crippen LogP contribution in [0.15, 0.2) is 48.8 Å². The molecule has 0 bridgehead atoms. The SMILES string of the molecule is Cc1ccccc1C(C#N)NCc1cccnc1.